The zero-order chi connectivity index (χ0) is 17.0. The minimum atomic E-state index is -1.04. The van der Waals surface area contributed by atoms with Crippen molar-refractivity contribution >= 4 is 17.6 Å². The first-order chi connectivity index (χ1) is 10.9. The predicted octanol–water partition coefficient (Wildman–Crippen LogP) is 2.62. The van der Waals surface area contributed by atoms with Gasteiger partial charge in [-0.05, 0) is 31.5 Å². The van der Waals surface area contributed by atoms with Gasteiger partial charge in [0.05, 0.1) is 23.4 Å². The van der Waals surface area contributed by atoms with Crippen molar-refractivity contribution in [3.63, 3.8) is 0 Å². The maximum Gasteiger partial charge on any atom is 0.315 e. The standard InChI is InChI=1S/C15H17ClFN3O3/c1-8-9(2)23-14(20-8)7-19-15(22)18-6-13(21)10-3-4-11(16)12(17)5-10/h3-5,13,21H,6-7H2,1-2H3,(H2,18,19,22)/t13-/m1/s1. The highest BCUT2D eigenvalue weighted by molar-refractivity contribution is 6.30. The molecular weight excluding hydrogens is 325 g/mol. The van der Waals surface area contributed by atoms with Crippen molar-refractivity contribution in [2.24, 2.45) is 0 Å². The fourth-order valence-electron chi connectivity index (χ4n) is 1.86. The van der Waals surface area contributed by atoms with Gasteiger partial charge in [-0.15, -0.1) is 0 Å². The summed E-state index contributed by atoms with van der Waals surface area (Å²) in [4.78, 5) is 15.8. The number of urea groups is 1. The van der Waals surface area contributed by atoms with Crippen molar-refractivity contribution in [1.29, 1.82) is 0 Å². The third-order valence-corrected chi connectivity index (χ3v) is 3.56. The second-order valence-corrected chi connectivity index (χ2v) is 5.41. The van der Waals surface area contributed by atoms with Gasteiger partial charge in [0.15, 0.2) is 0 Å². The molecule has 8 heteroatoms. The van der Waals surface area contributed by atoms with Gasteiger partial charge >= 0.3 is 6.03 Å². The van der Waals surface area contributed by atoms with Crippen molar-refractivity contribution in [1.82, 2.24) is 15.6 Å². The summed E-state index contributed by atoms with van der Waals surface area (Å²) in [6, 6.07) is 3.48. The SMILES string of the molecule is Cc1nc(CNC(=O)NC[C@@H](O)c2ccc(Cl)c(F)c2)oc1C. The second kappa shape index (κ2) is 7.43. The highest BCUT2D eigenvalue weighted by Crippen LogP contribution is 2.19. The number of hydrogen-bond donors (Lipinski definition) is 3. The van der Waals surface area contributed by atoms with Gasteiger partial charge in [0.1, 0.15) is 11.6 Å². The number of nitrogens with one attached hydrogen (secondary N) is 2. The summed E-state index contributed by atoms with van der Waals surface area (Å²) in [6.45, 7) is 3.65. The van der Waals surface area contributed by atoms with Crippen molar-refractivity contribution < 1.29 is 18.7 Å². The third kappa shape index (κ3) is 4.67. The average Bonchev–Trinajstić information content (AvgIpc) is 2.84. The summed E-state index contributed by atoms with van der Waals surface area (Å²) in [6.07, 6.45) is -1.04. The Bertz CT molecular complexity index is 686. The molecule has 124 valence electrons. The van der Waals surface area contributed by atoms with E-state index in [1.54, 1.807) is 6.92 Å². The fraction of sp³-hybridized carbons (Fsp3) is 0.333. The lowest BCUT2D eigenvalue weighted by molar-refractivity contribution is 0.172. The highest BCUT2D eigenvalue weighted by atomic mass is 35.5. The van der Waals surface area contributed by atoms with Crippen LogP contribution in [0, 0.1) is 19.7 Å². The molecule has 23 heavy (non-hydrogen) atoms. The van der Waals surface area contributed by atoms with Gasteiger partial charge in [-0.2, -0.15) is 0 Å². The molecule has 0 fully saturated rings. The van der Waals surface area contributed by atoms with Crippen molar-refractivity contribution in [3.8, 4) is 0 Å². The molecule has 0 aliphatic rings. The van der Waals surface area contributed by atoms with Crippen LogP contribution in [0.25, 0.3) is 0 Å². The Hall–Kier alpha value is -2.12. The summed E-state index contributed by atoms with van der Waals surface area (Å²) in [5.41, 5.74) is 1.09. The van der Waals surface area contributed by atoms with E-state index in [0.717, 1.165) is 11.8 Å². The van der Waals surface area contributed by atoms with E-state index in [1.165, 1.54) is 12.1 Å². The van der Waals surface area contributed by atoms with E-state index in [4.69, 9.17) is 16.0 Å². The van der Waals surface area contributed by atoms with E-state index in [9.17, 15) is 14.3 Å². The van der Waals surface area contributed by atoms with Crippen LogP contribution in [0.1, 0.15) is 29.0 Å². The molecule has 0 unspecified atom stereocenters. The summed E-state index contributed by atoms with van der Waals surface area (Å²) in [5.74, 6) is 0.472. The fourth-order valence-corrected chi connectivity index (χ4v) is 1.98. The van der Waals surface area contributed by atoms with E-state index in [-0.39, 0.29) is 18.1 Å². The zero-order valence-electron chi connectivity index (χ0n) is 12.7. The molecule has 1 aromatic heterocycles. The average molecular weight is 342 g/mol. The van der Waals surface area contributed by atoms with Gasteiger partial charge < -0.3 is 20.2 Å². The number of rotatable bonds is 5. The van der Waals surface area contributed by atoms with E-state index in [2.05, 4.69) is 15.6 Å². The lowest BCUT2D eigenvalue weighted by Gasteiger charge is -2.13. The van der Waals surface area contributed by atoms with Gasteiger partial charge in [0, 0.05) is 6.54 Å². The number of carbonyl (C=O) groups excluding carboxylic acids is 1. The van der Waals surface area contributed by atoms with Gasteiger partial charge in [-0.3, -0.25) is 0 Å². The number of halogens is 2. The van der Waals surface area contributed by atoms with Crippen molar-refractivity contribution in [2.45, 2.75) is 26.5 Å². The molecule has 1 atom stereocenters. The van der Waals surface area contributed by atoms with Crippen molar-refractivity contribution in [3.05, 3.63) is 51.9 Å². The van der Waals surface area contributed by atoms with E-state index < -0.39 is 18.0 Å². The lowest BCUT2D eigenvalue weighted by Crippen LogP contribution is -2.37. The van der Waals surface area contributed by atoms with Crippen LogP contribution in [0.15, 0.2) is 22.6 Å². The molecule has 0 aliphatic carbocycles. The van der Waals surface area contributed by atoms with Crippen LogP contribution in [0.2, 0.25) is 5.02 Å². The normalized spacial score (nSPS) is 12.0. The number of hydrogen-bond acceptors (Lipinski definition) is 4. The molecule has 0 saturated heterocycles. The molecule has 0 spiro atoms. The van der Waals surface area contributed by atoms with Crippen LogP contribution in [0.4, 0.5) is 9.18 Å². The van der Waals surface area contributed by atoms with Crippen molar-refractivity contribution in [2.75, 3.05) is 6.54 Å². The third-order valence-electron chi connectivity index (χ3n) is 3.26. The number of amides is 2. The highest BCUT2D eigenvalue weighted by Gasteiger charge is 2.12. The van der Waals surface area contributed by atoms with E-state index in [1.807, 2.05) is 6.92 Å². The smallest absolute Gasteiger partial charge is 0.315 e. The Kier molecular flexibility index (Phi) is 5.57. The molecule has 0 radical (unpaired) electrons. The van der Waals surface area contributed by atoms with Gasteiger partial charge in [-0.1, -0.05) is 17.7 Å². The number of oxazole rings is 1. The first-order valence-electron chi connectivity index (χ1n) is 6.94. The molecule has 3 N–H and O–H groups in total. The first kappa shape index (κ1) is 17.2. The van der Waals surface area contributed by atoms with Gasteiger partial charge in [-0.25, -0.2) is 14.2 Å². The Balaban J connectivity index is 1.80. The maximum atomic E-state index is 13.3. The molecule has 1 heterocycles. The Morgan fingerprint density at radius 1 is 1.43 bits per heavy atom. The lowest BCUT2D eigenvalue weighted by atomic mass is 10.1. The molecule has 2 amide bonds. The monoisotopic (exact) mass is 341 g/mol. The van der Waals surface area contributed by atoms with Gasteiger partial charge in [0.2, 0.25) is 5.89 Å². The van der Waals surface area contributed by atoms with Crippen LogP contribution < -0.4 is 10.6 Å². The zero-order valence-corrected chi connectivity index (χ0v) is 13.4. The molecule has 0 bridgehead atoms. The molecular formula is C15H17ClFN3O3. The number of aliphatic hydroxyl groups is 1. The summed E-state index contributed by atoms with van der Waals surface area (Å²) in [7, 11) is 0. The quantitative estimate of drug-likeness (QED) is 0.780. The number of aliphatic hydroxyl groups excluding tert-OH is 1. The summed E-state index contributed by atoms with van der Waals surface area (Å²) >= 11 is 5.57. The predicted molar refractivity (Wildman–Crippen MR) is 82.6 cm³/mol. The minimum absolute atomic E-state index is 0.0248. The van der Waals surface area contributed by atoms with Crippen LogP contribution in [0.3, 0.4) is 0 Å². The van der Waals surface area contributed by atoms with Crippen LogP contribution in [-0.4, -0.2) is 22.7 Å². The molecule has 2 aromatic rings. The number of aromatic nitrogens is 1. The van der Waals surface area contributed by atoms with Gasteiger partial charge in [0.25, 0.3) is 0 Å². The first-order valence-corrected chi connectivity index (χ1v) is 7.32. The summed E-state index contributed by atoms with van der Waals surface area (Å²) < 4.78 is 18.6. The summed E-state index contributed by atoms with van der Waals surface area (Å²) in [5, 5.41) is 14.9. The van der Waals surface area contributed by atoms with Crippen LogP contribution in [-0.2, 0) is 6.54 Å². The Morgan fingerprint density at radius 2 is 2.17 bits per heavy atom. The molecule has 0 aliphatic heterocycles. The Morgan fingerprint density at radius 3 is 2.78 bits per heavy atom. The number of aryl methyl sites for hydroxylation is 2. The molecule has 6 nitrogen and oxygen atoms in total. The second-order valence-electron chi connectivity index (χ2n) is 5.00. The topological polar surface area (TPSA) is 87.4 Å². The maximum absolute atomic E-state index is 13.3. The number of nitrogens with zero attached hydrogens (tertiary/aromatic N) is 1. The molecule has 2 rings (SSSR count). The van der Waals surface area contributed by atoms with E-state index in [0.29, 0.717) is 17.2 Å². The van der Waals surface area contributed by atoms with Crippen LogP contribution in [0.5, 0.6) is 0 Å². The molecule has 0 saturated carbocycles. The van der Waals surface area contributed by atoms with E-state index >= 15 is 0 Å². The molecule has 1 aromatic carbocycles. The van der Waals surface area contributed by atoms with Crippen LogP contribution >= 0.6 is 11.6 Å². The number of benzene rings is 1. The largest absolute Gasteiger partial charge is 0.444 e. The minimum Gasteiger partial charge on any atom is -0.444 e. The number of carbonyl (C=O) groups is 1. The Labute approximate surface area is 137 Å².